The van der Waals surface area contributed by atoms with Crippen LogP contribution in [-0.4, -0.2) is 26.5 Å². The molecule has 1 rings (SSSR count). The first kappa shape index (κ1) is 12.0. The fraction of sp³-hybridized carbons (Fsp3) is 0.300. The highest BCUT2D eigenvalue weighted by molar-refractivity contribution is 6.05. The molecule has 0 aromatic heterocycles. The molecule has 0 aliphatic heterocycles. The van der Waals surface area contributed by atoms with E-state index < -0.39 is 5.54 Å². The summed E-state index contributed by atoms with van der Waals surface area (Å²) in [5, 5.41) is 34.4. The van der Waals surface area contributed by atoms with Gasteiger partial charge in [-0.15, -0.1) is 0 Å². The van der Waals surface area contributed by atoms with Gasteiger partial charge in [-0.3, -0.25) is 0 Å². The Hall–Kier alpha value is -2.11. The van der Waals surface area contributed by atoms with Crippen molar-refractivity contribution >= 4 is 5.71 Å². The van der Waals surface area contributed by atoms with Crippen LogP contribution < -0.4 is 0 Å². The number of nitrogens with zero attached hydrogens (tertiary/aromatic N) is 3. The van der Waals surface area contributed by atoms with Gasteiger partial charge in [0.05, 0.1) is 0 Å². The van der Waals surface area contributed by atoms with Crippen LogP contribution in [0.3, 0.4) is 0 Å². The Kier molecular flexibility index (Phi) is 3.44. The van der Waals surface area contributed by atoms with Gasteiger partial charge >= 0.3 is 0 Å². The Balaban J connectivity index is 3.20. The first-order valence-corrected chi connectivity index (χ1v) is 4.64. The summed E-state index contributed by atoms with van der Waals surface area (Å²) >= 11 is 0. The van der Waals surface area contributed by atoms with Gasteiger partial charge in [0.2, 0.25) is 5.54 Å². The molecule has 0 atom stereocenters. The molecule has 2 N–H and O–H groups in total. The second-order valence-corrected chi connectivity index (χ2v) is 3.74. The summed E-state index contributed by atoms with van der Waals surface area (Å²) in [6.07, 6.45) is 0. The van der Waals surface area contributed by atoms with Crippen LogP contribution in [0.25, 0.3) is 0 Å². The van der Waals surface area contributed by atoms with E-state index in [1.165, 1.54) is 13.8 Å². The number of hydrogen-bond acceptors (Lipinski definition) is 4. The van der Waals surface area contributed by atoms with Gasteiger partial charge in [0.1, 0.15) is 0 Å². The van der Waals surface area contributed by atoms with Crippen LogP contribution >= 0.6 is 0 Å². The fourth-order valence-electron chi connectivity index (χ4n) is 1.33. The number of hydrogen-bond donors (Lipinski definition) is 2. The van der Waals surface area contributed by atoms with E-state index in [4.69, 9.17) is 10.4 Å². The van der Waals surface area contributed by atoms with Crippen molar-refractivity contribution in [3.8, 4) is 0 Å². The van der Waals surface area contributed by atoms with Crippen molar-refractivity contribution in [2.45, 2.75) is 19.4 Å². The zero-order valence-electron chi connectivity index (χ0n) is 9.03. The van der Waals surface area contributed by atoms with Crippen LogP contribution in [0.15, 0.2) is 40.8 Å². The maximum Gasteiger partial charge on any atom is 0.242 e. The highest BCUT2D eigenvalue weighted by Crippen LogP contribution is 2.17. The molecule has 0 spiro atoms. The SMILES string of the molecule is CC(C)(C(=NO)c1ccccc1)[N+]([O-])=NO. The molecule has 0 aliphatic carbocycles. The average Bonchev–Trinajstić information content (AvgIpc) is 2.30. The van der Waals surface area contributed by atoms with Crippen molar-refractivity contribution in [2.24, 2.45) is 10.4 Å². The summed E-state index contributed by atoms with van der Waals surface area (Å²) in [5.74, 6) is 0. The molecular weight excluding hydrogens is 210 g/mol. The van der Waals surface area contributed by atoms with Gasteiger partial charge in [-0.25, -0.2) is 0 Å². The van der Waals surface area contributed by atoms with E-state index in [0.717, 1.165) is 0 Å². The van der Waals surface area contributed by atoms with Gasteiger partial charge < -0.3 is 15.6 Å². The van der Waals surface area contributed by atoms with Gasteiger partial charge in [0.15, 0.2) is 11.0 Å². The van der Waals surface area contributed by atoms with Crippen molar-refractivity contribution < 1.29 is 15.3 Å². The smallest absolute Gasteiger partial charge is 0.242 e. The van der Waals surface area contributed by atoms with E-state index in [9.17, 15) is 5.21 Å². The zero-order valence-corrected chi connectivity index (χ0v) is 9.03. The minimum atomic E-state index is -1.26. The normalized spacial score (nSPS) is 13.9. The maximum absolute atomic E-state index is 11.3. The van der Waals surface area contributed by atoms with Crippen molar-refractivity contribution in [1.29, 1.82) is 0 Å². The molecule has 1 aromatic carbocycles. The molecule has 0 amide bonds. The van der Waals surface area contributed by atoms with Crippen LogP contribution in [0.1, 0.15) is 19.4 Å². The van der Waals surface area contributed by atoms with Crippen molar-refractivity contribution in [1.82, 2.24) is 0 Å². The van der Waals surface area contributed by atoms with Gasteiger partial charge in [-0.1, -0.05) is 35.5 Å². The Morgan fingerprint density at radius 1 is 1.25 bits per heavy atom. The predicted molar refractivity (Wildman–Crippen MR) is 56.7 cm³/mol. The average molecular weight is 223 g/mol. The summed E-state index contributed by atoms with van der Waals surface area (Å²) in [5.41, 5.74) is -0.550. The van der Waals surface area contributed by atoms with Gasteiger partial charge in [-0.2, -0.15) is 0 Å². The molecule has 0 saturated carbocycles. The second-order valence-electron chi connectivity index (χ2n) is 3.74. The predicted octanol–water partition coefficient (Wildman–Crippen LogP) is 2.00. The monoisotopic (exact) mass is 223 g/mol. The van der Waals surface area contributed by atoms with E-state index in [-0.39, 0.29) is 10.6 Å². The van der Waals surface area contributed by atoms with Crippen molar-refractivity contribution in [3.63, 3.8) is 0 Å². The maximum atomic E-state index is 11.3. The summed E-state index contributed by atoms with van der Waals surface area (Å²) in [6.45, 7) is 2.98. The van der Waals surface area contributed by atoms with Gasteiger partial charge in [0, 0.05) is 19.4 Å². The summed E-state index contributed by atoms with van der Waals surface area (Å²) in [7, 11) is 0. The molecule has 0 aliphatic rings. The molecule has 86 valence electrons. The van der Waals surface area contributed by atoms with Crippen molar-refractivity contribution in [3.05, 3.63) is 41.1 Å². The third kappa shape index (κ3) is 2.10. The van der Waals surface area contributed by atoms with Crippen molar-refractivity contribution in [2.75, 3.05) is 0 Å². The van der Waals surface area contributed by atoms with Crippen LogP contribution in [0, 0.1) is 5.21 Å². The topological polar surface area (TPSA) is 91.2 Å². The lowest BCUT2D eigenvalue weighted by Gasteiger charge is -2.20. The Morgan fingerprint density at radius 2 is 1.81 bits per heavy atom. The first-order chi connectivity index (χ1) is 7.54. The Bertz CT molecular complexity index is 413. The van der Waals surface area contributed by atoms with Crippen LogP contribution in [0.5, 0.6) is 0 Å². The largest absolute Gasteiger partial charge is 0.597 e. The lowest BCUT2D eigenvalue weighted by Crippen LogP contribution is -2.41. The standard InChI is InChI=1S/C10H13N3O3/c1-10(2,13(16)12-15)9(11-14)8-6-4-3-5-7-8/h3-7,14-15H,1-2H3. The quantitative estimate of drug-likeness (QED) is 0.270. The Labute approximate surface area is 92.7 Å². The molecule has 0 radical (unpaired) electrons. The van der Waals surface area contributed by atoms with E-state index >= 15 is 0 Å². The molecule has 0 bridgehead atoms. The summed E-state index contributed by atoms with van der Waals surface area (Å²) < 4.78 is 0. The second kappa shape index (κ2) is 4.61. The molecule has 16 heavy (non-hydrogen) atoms. The third-order valence-corrected chi connectivity index (χ3v) is 2.29. The fourth-order valence-corrected chi connectivity index (χ4v) is 1.33. The molecule has 6 heteroatoms. The number of oxime groups is 1. The summed E-state index contributed by atoms with van der Waals surface area (Å²) in [6, 6.07) is 8.70. The van der Waals surface area contributed by atoms with E-state index in [0.29, 0.717) is 5.56 Å². The first-order valence-electron chi connectivity index (χ1n) is 4.64. The number of benzene rings is 1. The lowest BCUT2D eigenvalue weighted by molar-refractivity contribution is -0.605. The van der Waals surface area contributed by atoms with E-state index in [1.54, 1.807) is 30.3 Å². The van der Waals surface area contributed by atoms with Crippen LogP contribution in [-0.2, 0) is 0 Å². The Morgan fingerprint density at radius 3 is 2.25 bits per heavy atom. The highest BCUT2D eigenvalue weighted by Gasteiger charge is 2.37. The number of rotatable bonds is 3. The molecule has 6 nitrogen and oxygen atoms in total. The minimum absolute atomic E-state index is 0.0784. The van der Waals surface area contributed by atoms with Gasteiger partial charge in [-0.05, 0) is 4.86 Å². The van der Waals surface area contributed by atoms with E-state index in [1.807, 2.05) is 0 Å². The van der Waals surface area contributed by atoms with Gasteiger partial charge in [0.25, 0.3) is 0 Å². The zero-order chi connectivity index (χ0) is 12.2. The van der Waals surface area contributed by atoms with Crippen LogP contribution in [0.4, 0.5) is 0 Å². The van der Waals surface area contributed by atoms with E-state index in [2.05, 4.69) is 10.4 Å². The molecule has 0 saturated heterocycles. The minimum Gasteiger partial charge on any atom is -0.597 e. The summed E-state index contributed by atoms with van der Waals surface area (Å²) in [4.78, 5) is 0.0784. The molecule has 1 aromatic rings. The molecular formula is C10H13N3O3. The molecule has 0 fully saturated rings. The highest BCUT2D eigenvalue weighted by atomic mass is 16.6. The molecule has 0 unspecified atom stereocenters. The number of hydroxylamine groups is 1. The van der Waals surface area contributed by atoms with Crippen LogP contribution in [0.2, 0.25) is 0 Å². The molecule has 0 heterocycles. The third-order valence-electron chi connectivity index (χ3n) is 2.29. The lowest BCUT2D eigenvalue weighted by atomic mass is 9.93.